The summed E-state index contributed by atoms with van der Waals surface area (Å²) in [7, 11) is 0. The Hall–Kier alpha value is -2.27. The van der Waals surface area contributed by atoms with Crippen molar-refractivity contribution in [2.75, 3.05) is 11.9 Å². The molecule has 2 aliphatic rings. The smallest absolute Gasteiger partial charge is 0.161 e. The largest absolute Gasteiger partial charge is 0.328 e. The van der Waals surface area contributed by atoms with Crippen LogP contribution < -0.4 is 5.32 Å². The fourth-order valence-corrected chi connectivity index (χ4v) is 3.02. The van der Waals surface area contributed by atoms with Gasteiger partial charge < -0.3 is 5.32 Å². The van der Waals surface area contributed by atoms with Crippen LogP contribution >= 0.6 is 11.6 Å². The molecule has 1 aliphatic carbocycles. The average Bonchev–Trinajstić information content (AvgIpc) is 3.05. The second kappa shape index (κ2) is 6.08. The van der Waals surface area contributed by atoms with Gasteiger partial charge in [0.1, 0.15) is 18.0 Å². The van der Waals surface area contributed by atoms with E-state index in [0.717, 1.165) is 61.0 Å². The van der Waals surface area contributed by atoms with Gasteiger partial charge in [0.25, 0.3) is 0 Å². The van der Waals surface area contributed by atoms with E-state index in [2.05, 4.69) is 15.3 Å². The minimum Gasteiger partial charge on any atom is -0.328 e. The quantitative estimate of drug-likeness (QED) is 0.918. The highest BCUT2D eigenvalue weighted by atomic mass is 35.5. The molecule has 6 heteroatoms. The SMILES string of the molecule is Clc1ccc(-c2nc3c(c(NC4=NC=NCC4)n2)CCC3)cc1. The Morgan fingerprint density at radius 1 is 1.00 bits per heavy atom. The number of nitrogens with one attached hydrogen (secondary N) is 1. The zero-order chi connectivity index (χ0) is 15.6. The number of hydrogen-bond acceptors (Lipinski definition) is 5. The van der Waals surface area contributed by atoms with Crippen LogP contribution in [-0.2, 0) is 12.8 Å². The van der Waals surface area contributed by atoms with Gasteiger partial charge in [0.05, 0.1) is 0 Å². The molecule has 116 valence electrons. The molecule has 0 spiro atoms. The summed E-state index contributed by atoms with van der Waals surface area (Å²) in [5.41, 5.74) is 3.32. The van der Waals surface area contributed by atoms with Crippen LogP contribution in [0.5, 0.6) is 0 Å². The van der Waals surface area contributed by atoms with E-state index in [9.17, 15) is 0 Å². The van der Waals surface area contributed by atoms with E-state index >= 15 is 0 Å². The highest BCUT2D eigenvalue weighted by Gasteiger charge is 2.21. The number of aryl methyl sites for hydroxylation is 1. The van der Waals surface area contributed by atoms with Gasteiger partial charge in [-0.15, -0.1) is 0 Å². The van der Waals surface area contributed by atoms with Crippen LogP contribution in [0.4, 0.5) is 5.82 Å². The number of rotatable bonds is 2. The number of amidine groups is 1. The fourth-order valence-electron chi connectivity index (χ4n) is 2.90. The number of aliphatic imine (C=N–C) groups is 2. The molecule has 0 bridgehead atoms. The average molecular weight is 326 g/mol. The van der Waals surface area contributed by atoms with Crippen molar-refractivity contribution in [1.82, 2.24) is 9.97 Å². The van der Waals surface area contributed by atoms with E-state index in [4.69, 9.17) is 21.6 Å². The number of nitrogens with zero attached hydrogens (tertiary/aromatic N) is 4. The van der Waals surface area contributed by atoms with Crippen LogP contribution in [0, 0.1) is 0 Å². The predicted octanol–water partition coefficient (Wildman–Crippen LogP) is 3.53. The molecule has 2 aromatic rings. The maximum Gasteiger partial charge on any atom is 0.161 e. The van der Waals surface area contributed by atoms with Crippen LogP contribution in [0.15, 0.2) is 34.3 Å². The van der Waals surface area contributed by atoms with Crippen LogP contribution in [0.1, 0.15) is 24.1 Å². The first kappa shape index (κ1) is 14.3. The van der Waals surface area contributed by atoms with Crippen LogP contribution in [-0.4, -0.2) is 28.7 Å². The highest BCUT2D eigenvalue weighted by Crippen LogP contribution is 2.29. The number of anilines is 1. The van der Waals surface area contributed by atoms with Crippen LogP contribution in [0.25, 0.3) is 11.4 Å². The summed E-state index contributed by atoms with van der Waals surface area (Å²) in [4.78, 5) is 17.9. The van der Waals surface area contributed by atoms with Crippen molar-refractivity contribution in [2.24, 2.45) is 9.98 Å². The third-order valence-electron chi connectivity index (χ3n) is 4.07. The van der Waals surface area contributed by atoms with Crippen molar-refractivity contribution in [1.29, 1.82) is 0 Å². The summed E-state index contributed by atoms with van der Waals surface area (Å²) in [5, 5.41) is 4.10. The molecule has 0 saturated heterocycles. The van der Waals surface area contributed by atoms with Gasteiger partial charge in [-0.3, -0.25) is 4.99 Å². The van der Waals surface area contributed by atoms with E-state index in [0.29, 0.717) is 5.02 Å². The molecular weight excluding hydrogens is 310 g/mol. The lowest BCUT2D eigenvalue weighted by Gasteiger charge is -2.14. The molecule has 0 fully saturated rings. The molecule has 0 saturated carbocycles. The lowest BCUT2D eigenvalue weighted by atomic mass is 10.2. The topological polar surface area (TPSA) is 62.5 Å². The zero-order valence-corrected chi connectivity index (χ0v) is 13.3. The molecule has 1 aromatic carbocycles. The highest BCUT2D eigenvalue weighted by molar-refractivity contribution is 6.30. The number of aromatic nitrogens is 2. The van der Waals surface area contributed by atoms with Gasteiger partial charge in [-0.1, -0.05) is 11.6 Å². The lowest BCUT2D eigenvalue weighted by Crippen LogP contribution is -2.18. The summed E-state index contributed by atoms with van der Waals surface area (Å²) in [6.07, 6.45) is 5.55. The van der Waals surface area contributed by atoms with Gasteiger partial charge in [-0.25, -0.2) is 15.0 Å². The lowest BCUT2D eigenvalue weighted by molar-refractivity contribution is 0.900. The summed E-state index contributed by atoms with van der Waals surface area (Å²) in [6, 6.07) is 7.63. The zero-order valence-electron chi connectivity index (χ0n) is 12.6. The molecule has 0 amide bonds. The molecule has 1 N–H and O–H groups in total. The van der Waals surface area contributed by atoms with Crippen molar-refractivity contribution in [2.45, 2.75) is 25.7 Å². The summed E-state index contributed by atoms with van der Waals surface area (Å²) in [6.45, 7) is 0.767. The van der Waals surface area contributed by atoms with Crippen molar-refractivity contribution >= 4 is 29.6 Å². The number of benzene rings is 1. The van der Waals surface area contributed by atoms with Crippen molar-refractivity contribution < 1.29 is 0 Å². The minimum absolute atomic E-state index is 0.712. The van der Waals surface area contributed by atoms with E-state index in [-0.39, 0.29) is 0 Å². The first-order chi connectivity index (χ1) is 11.3. The van der Waals surface area contributed by atoms with E-state index in [1.165, 1.54) is 5.56 Å². The van der Waals surface area contributed by atoms with Crippen molar-refractivity contribution in [3.8, 4) is 11.4 Å². The number of halogens is 1. The monoisotopic (exact) mass is 325 g/mol. The number of hydrogen-bond donors (Lipinski definition) is 1. The van der Waals surface area contributed by atoms with Gasteiger partial charge in [-0.2, -0.15) is 0 Å². The molecule has 0 radical (unpaired) electrons. The first-order valence-corrected chi connectivity index (χ1v) is 8.15. The Morgan fingerprint density at radius 3 is 2.65 bits per heavy atom. The van der Waals surface area contributed by atoms with Gasteiger partial charge in [0.2, 0.25) is 0 Å². The van der Waals surface area contributed by atoms with Crippen LogP contribution in [0.2, 0.25) is 5.02 Å². The molecule has 1 aromatic heterocycles. The second-order valence-corrected chi connectivity index (χ2v) is 6.09. The fraction of sp³-hybridized carbons (Fsp3) is 0.294. The van der Waals surface area contributed by atoms with Gasteiger partial charge in [0, 0.05) is 34.8 Å². The Balaban J connectivity index is 1.74. The standard InChI is InChI=1S/C17H16ClN5/c18-12-6-4-11(5-7-12)16-21-14-3-1-2-13(14)17(23-16)22-15-8-9-19-10-20-15/h4-7,10H,1-3,8-9H2,(H,19,20,21,22,23). The summed E-state index contributed by atoms with van der Waals surface area (Å²) >= 11 is 5.97. The Kier molecular flexibility index (Phi) is 3.79. The molecule has 5 nitrogen and oxygen atoms in total. The maximum absolute atomic E-state index is 5.97. The minimum atomic E-state index is 0.712. The summed E-state index contributed by atoms with van der Waals surface area (Å²) in [5.74, 6) is 2.52. The Labute approximate surface area is 139 Å². The molecule has 0 unspecified atom stereocenters. The normalized spacial score (nSPS) is 16.1. The molecule has 4 rings (SSSR count). The Morgan fingerprint density at radius 2 is 1.87 bits per heavy atom. The molecular formula is C17H16ClN5. The molecule has 1 aliphatic heterocycles. The molecule has 0 atom stereocenters. The third kappa shape index (κ3) is 2.97. The number of fused-ring (bicyclic) bond motifs is 1. The van der Waals surface area contributed by atoms with Crippen molar-refractivity contribution in [3.05, 3.63) is 40.5 Å². The molecule has 2 heterocycles. The van der Waals surface area contributed by atoms with Crippen LogP contribution in [0.3, 0.4) is 0 Å². The van der Waals surface area contributed by atoms with Crippen molar-refractivity contribution in [3.63, 3.8) is 0 Å². The maximum atomic E-state index is 5.97. The van der Waals surface area contributed by atoms with Gasteiger partial charge in [0.15, 0.2) is 5.82 Å². The Bertz CT molecular complexity index is 795. The van der Waals surface area contributed by atoms with E-state index in [1.807, 2.05) is 24.3 Å². The van der Waals surface area contributed by atoms with Gasteiger partial charge >= 0.3 is 0 Å². The second-order valence-electron chi connectivity index (χ2n) is 5.65. The van der Waals surface area contributed by atoms with E-state index in [1.54, 1.807) is 6.34 Å². The third-order valence-corrected chi connectivity index (χ3v) is 4.32. The van der Waals surface area contributed by atoms with Gasteiger partial charge in [-0.05, 0) is 43.5 Å². The molecule has 23 heavy (non-hydrogen) atoms. The predicted molar refractivity (Wildman–Crippen MR) is 93.5 cm³/mol. The van der Waals surface area contributed by atoms with E-state index < -0.39 is 0 Å². The summed E-state index contributed by atoms with van der Waals surface area (Å²) < 4.78 is 0. The first-order valence-electron chi connectivity index (χ1n) is 7.77.